The number of hydrogen-bond acceptors (Lipinski definition) is 2. The normalized spacial score (nSPS) is 19.0. The zero-order valence-corrected chi connectivity index (χ0v) is 11.7. The molecule has 2 nitrogen and oxygen atoms in total. The lowest BCUT2D eigenvalue weighted by Crippen LogP contribution is -2.42. The van der Waals surface area contributed by atoms with Crippen LogP contribution in [0.5, 0.6) is 0 Å². The first-order chi connectivity index (χ1) is 7.12. The van der Waals surface area contributed by atoms with Crippen LogP contribution in [0, 0.1) is 11.8 Å². The standard InChI is InChI=1S/C12H26O2Si/c1-11(2)9-15(13-3,14-4)10-12-7-5-6-8-12/h11-12H,5-10H2,1-4H3. The van der Waals surface area contributed by atoms with Gasteiger partial charge in [-0.05, 0) is 23.9 Å². The van der Waals surface area contributed by atoms with Gasteiger partial charge in [0.2, 0.25) is 0 Å². The Labute approximate surface area is 95.6 Å². The molecule has 1 aliphatic carbocycles. The van der Waals surface area contributed by atoms with Crippen molar-refractivity contribution in [3.8, 4) is 0 Å². The van der Waals surface area contributed by atoms with Gasteiger partial charge in [0.1, 0.15) is 0 Å². The third-order valence-electron chi connectivity index (χ3n) is 3.54. The minimum absolute atomic E-state index is 0.679. The third-order valence-corrected chi connectivity index (χ3v) is 7.66. The van der Waals surface area contributed by atoms with Gasteiger partial charge in [-0.2, -0.15) is 0 Å². The van der Waals surface area contributed by atoms with Gasteiger partial charge in [0.15, 0.2) is 0 Å². The van der Waals surface area contributed by atoms with E-state index in [0.29, 0.717) is 5.92 Å². The van der Waals surface area contributed by atoms with Gasteiger partial charge in [-0.3, -0.25) is 0 Å². The van der Waals surface area contributed by atoms with Gasteiger partial charge < -0.3 is 8.85 Å². The maximum Gasteiger partial charge on any atom is 0.338 e. The Bertz CT molecular complexity index is 172. The van der Waals surface area contributed by atoms with E-state index in [2.05, 4.69) is 13.8 Å². The van der Waals surface area contributed by atoms with Crippen molar-refractivity contribution in [2.24, 2.45) is 11.8 Å². The molecule has 15 heavy (non-hydrogen) atoms. The molecular formula is C12H26O2Si. The Kier molecular flexibility index (Phi) is 5.30. The largest absolute Gasteiger partial charge is 0.398 e. The number of rotatable bonds is 6. The lowest BCUT2D eigenvalue weighted by Gasteiger charge is -2.31. The fourth-order valence-electron chi connectivity index (χ4n) is 2.78. The van der Waals surface area contributed by atoms with Crippen LogP contribution in [-0.2, 0) is 8.85 Å². The Morgan fingerprint density at radius 1 is 1.13 bits per heavy atom. The second kappa shape index (κ2) is 6.02. The van der Waals surface area contributed by atoms with E-state index in [1.165, 1.54) is 31.7 Å². The van der Waals surface area contributed by atoms with Crippen molar-refractivity contribution in [2.45, 2.75) is 51.6 Å². The Morgan fingerprint density at radius 3 is 2.07 bits per heavy atom. The van der Waals surface area contributed by atoms with Gasteiger partial charge in [-0.15, -0.1) is 0 Å². The maximum absolute atomic E-state index is 5.78. The molecule has 0 spiro atoms. The first-order valence-corrected chi connectivity index (χ1v) is 8.45. The molecule has 0 bridgehead atoms. The van der Waals surface area contributed by atoms with Crippen molar-refractivity contribution < 1.29 is 8.85 Å². The summed E-state index contributed by atoms with van der Waals surface area (Å²) in [7, 11) is 1.81. The van der Waals surface area contributed by atoms with Gasteiger partial charge in [0, 0.05) is 14.2 Å². The van der Waals surface area contributed by atoms with E-state index in [-0.39, 0.29) is 0 Å². The van der Waals surface area contributed by atoms with Gasteiger partial charge in [0.25, 0.3) is 0 Å². The second-order valence-electron chi connectivity index (χ2n) is 5.27. The zero-order valence-electron chi connectivity index (χ0n) is 10.7. The lowest BCUT2D eigenvalue weighted by atomic mass is 10.1. The first-order valence-electron chi connectivity index (χ1n) is 6.22. The molecule has 0 unspecified atom stereocenters. The molecule has 0 aliphatic heterocycles. The van der Waals surface area contributed by atoms with E-state index in [4.69, 9.17) is 8.85 Å². The van der Waals surface area contributed by atoms with Crippen LogP contribution < -0.4 is 0 Å². The second-order valence-corrected chi connectivity index (χ2v) is 8.73. The van der Waals surface area contributed by atoms with Crippen molar-refractivity contribution in [3.63, 3.8) is 0 Å². The molecular weight excluding hydrogens is 204 g/mol. The SMILES string of the molecule is CO[Si](CC(C)C)(CC1CCCC1)OC. The summed E-state index contributed by atoms with van der Waals surface area (Å²) in [6.45, 7) is 4.52. The molecule has 1 aliphatic rings. The predicted molar refractivity (Wildman–Crippen MR) is 66.2 cm³/mol. The summed E-state index contributed by atoms with van der Waals surface area (Å²) in [4.78, 5) is 0. The van der Waals surface area contributed by atoms with E-state index in [1.54, 1.807) is 0 Å². The van der Waals surface area contributed by atoms with Crippen LogP contribution in [0.25, 0.3) is 0 Å². The minimum Gasteiger partial charge on any atom is -0.398 e. The monoisotopic (exact) mass is 230 g/mol. The maximum atomic E-state index is 5.78. The van der Waals surface area contributed by atoms with E-state index >= 15 is 0 Å². The summed E-state index contributed by atoms with van der Waals surface area (Å²) in [5.41, 5.74) is 0. The summed E-state index contributed by atoms with van der Waals surface area (Å²) < 4.78 is 11.6. The van der Waals surface area contributed by atoms with E-state index < -0.39 is 8.56 Å². The molecule has 0 atom stereocenters. The Morgan fingerprint density at radius 2 is 1.67 bits per heavy atom. The highest BCUT2D eigenvalue weighted by molar-refractivity contribution is 6.67. The average Bonchev–Trinajstić information content (AvgIpc) is 2.68. The fraction of sp³-hybridized carbons (Fsp3) is 1.00. The van der Waals surface area contributed by atoms with E-state index in [1.807, 2.05) is 14.2 Å². The quantitative estimate of drug-likeness (QED) is 0.650. The van der Waals surface area contributed by atoms with E-state index in [0.717, 1.165) is 12.0 Å². The molecule has 0 saturated heterocycles. The zero-order chi connectivity index (χ0) is 11.3. The van der Waals surface area contributed by atoms with Crippen molar-refractivity contribution >= 4 is 8.56 Å². The molecule has 0 N–H and O–H groups in total. The highest BCUT2D eigenvalue weighted by atomic mass is 28.4. The molecule has 0 radical (unpaired) electrons. The van der Waals surface area contributed by atoms with Crippen LogP contribution in [0.1, 0.15) is 39.5 Å². The van der Waals surface area contributed by atoms with Gasteiger partial charge in [-0.1, -0.05) is 39.5 Å². The topological polar surface area (TPSA) is 18.5 Å². The van der Waals surface area contributed by atoms with Crippen molar-refractivity contribution in [2.75, 3.05) is 14.2 Å². The minimum atomic E-state index is -1.87. The molecule has 3 heteroatoms. The van der Waals surface area contributed by atoms with Crippen LogP contribution in [0.15, 0.2) is 0 Å². The van der Waals surface area contributed by atoms with Crippen LogP contribution in [-0.4, -0.2) is 22.8 Å². The summed E-state index contributed by atoms with van der Waals surface area (Å²) in [5.74, 6) is 1.55. The molecule has 90 valence electrons. The summed E-state index contributed by atoms with van der Waals surface area (Å²) >= 11 is 0. The van der Waals surface area contributed by atoms with Crippen LogP contribution >= 0.6 is 0 Å². The smallest absolute Gasteiger partial charge is 0.338 e. The molecule has 0 heterocycles. The van der Waals surface area contributed by atoms with Crippen molar-refractivity contribution in [1.82, 2.24) is 0 Å². The van der Waals surface area contributed by atoms with Crippen molar-refractivity contribution in [3.05, 3.63) is 0 Å². The van der Waals surface area contributed by atoms with Crippen LogP contribution in [0.4, 0.5) is 0 Å². The van der Waals surface area contributed by atoms with E-state index in [9.17, 15) is 0 Å². The average molecular weight is 230 g/mol. The molecule has 0 aromatic heterocycles. The van der Waals surface area contributed by atoms with Gasteiger partial charge in [-0.25, -0.2) is 0 Å². The third kappa shape index (κ3) is 3.89. The molecule has 0 amide bonds. The lowest BCUT2D eigenvalue weighted by molar-refractivity contribution is 0.228. The number of hydrogen-bond donors (Lipinski definition) is 0. The molecule has 1 saturated carbocycles. The first kappa shape index (κ1) is 13.2. The summed E-state index contributed by atoms with van der Waals surface area (Å²) in [6.07, 6.45) is 5.59. The highest BCUT2D eigenvalue weighted by Crippen LogP contribution is 2.35. The Hall–Kier alpha value is 0.137. The Balaban J connectivity index is 2.53. The predicted octanol–water partition coefficient (Wildman–Crippen LogP) is 3.57. The van der Waals surface area contributed by atoms with Crippen molar-refractivity contribution in [1.29, 1.82) is 0 Å². The van der Waals surface area contributed by atoms with Crippen LogP contribution in [0.3, 0.4) is 0 Å². The molecule has 0 aromatic rings. The molecule has 0 aromatic carbocycles. The summed E-state index contributed by atoms with van der Waals surface area (Å²) in [5, 5.41) is 0. The van der Waals surface area contributed by atoms with Crippen LogP contribution in [0.2, 0.25) is 12.1 Å². The molecule has 1 fully saturated rings. The molecule has 1 rings (SSSR count). The van der Waals surface area contributed by atoms with Gasteiger partial charge in [0.05, 0.1) is 0 Å². The fourth-order valence-corrected chi connectivity index (χ4v) is 6.31. The highest BCUT2D eigenvalue weighted by Gasteiger charge is 2.39. The van der Waals surface area contributed by atoms with Gasteiger partial charge >= 0.3 is 8.56 Å². The summed E-state index contributed by atoms with van der Waals surface area (Å²) in [6, 6.07) is 2.34.